The first-order valence-electron chi connectivity index (χ1n) is 5.53. The minimum Gasteiger partial charge on any atom is -0.481 e. The molecule has 0 bridgehead atoms. The van der Waals surface area contributed by atoms with E-state index in [0.29, 0.717) is 18.4 Å². The topological polar surface area (TPSA) is 55.8 Å². The quantitative estimate of drug-likeness (QED) is 0.902. The predicted molar refractivity (Wildman–Crippen MR) is 55.8 cm³/mol. The molecular weight excluding hydrogens is 246 g/mol. The van der Waals surface area contributed by atoms with Crippen LogP contribution in [0.25, 0.3) is 0 Å². The lowest BCUT2D eigenvalue weighted by Crippen LogP contribution is -2.26. The number of ether oxygens (including phenoxy) is 2. The maximum Gasteiger partial charge on any atom is 0.586 e. The van der Waals surface area contributed by atoms with Gasteiger partial charge in [-0.1, -0.05) is 12.1 Å². The molecule has 0 unspecified atom stereocenters. The molecule has 0 amide bonds. The van der Waals surface area contributed by atoms with E-state index in [1.807, 2.05) is 0 Å². The van der Waals surface area contributed by atoms with Crippen molar-refractivity contribution in [3.8, 4) is 11.5 Å². The summed E-state index contributed by atoms with van der Waals surface area (Å²) in [4.78, 5) is 10.8. The number of benzene rings is 1. The van der Waals surface area contributed by atoms with Crippen molar-refractivity contribution in [1.82, 2.24) is 0 Å². The van der Waals surface area contributed by atoms with E-state index in [1.165, 1.54) is 6.07 Å². The molecule has 1 heterocycles. The molecule has 0 atom stereocenters. The van der Waals surface area contributed by atoms with Crippen molar-refractivity contribution in [3.05, 3.63) is 23.8 Å². The van der Waals surface area contributed by atoms with Crippen LogP contribution in [-0.4, -0.2) is 17.4 Å². The first-order valence-corrected chi connectivity index (χ1v) is 5.53. The van der Waals surface area contributed by atoms with Crippen LogP contribution < -0.4 is 9.47 Å². The van der Waals surface area contributed by atoms with E-state index in [4.69, 9.17) is 5.11 Å². The molecule has 1 N–H and O–H groups in total. The molecular formula is C12H10F2O4. The molecule has 2 aliphatic rings. The molecule has 4 nitrogen and oxygen atoms in total. The Labute approximate surface area is 101 Å². The van der Waals surface area contributed by atoms with Gasteiger partial charge in [-0.3, -0.25) is 4.79 Å². The van der Waals surface area contributed by atoms with Crippen LogP contribution in [0.3, 0.4) is 0 Å². The van der Waals surface area contributed by atoms with Gasteiger partial charge in [0, 0.05) is 11.0 Å². The molecule has 96 valence electrons. The molecule has 1 aromatic rings. The fraction of sp³-hybridized carbons (Fsp3) is 0.417. The molecule has 0 spiro atoms. The number of aliphatic carboxylic acids is 1. The van der Waals surface area contributed by atoms with Crippen molar-refractivity contribution in [3.63, 3.8) is 0 Å². The van der Waals surface area contributed by atoms with E-state index in [-0.39, 0.29) is 17.9 Å². The lowest BCUT2D eigenvalue weighted by atomic mass is 9.91. The molecule has 18 heavy (non-hydrogen) atoms. The van der Waals surface area contributed by atoms with Crippen LogP contribution in [0.5, 0.6) is 11.5 Å². The number of hydrogen-bond acceptors (Lipinski definition) is 3. The van der Waals surface area contributed by atoms with Crippen LogP contribution in [0, 0.1) is 0 Å². The smallest absolute Gasteiger partial charge is 0.481 e. The Kier molecular flexibility index (Phi) is 2.09. The van der Waals surface area contributed by atoms with Crippen molar-refractivity contribution < 1.29 is 28.2 Å². The van der Waals surface area contributed by atoms with Gasteiger partial charge in [0.25, 0.3) is 0 Å². The van der Waals surface area contributed by atoms with Gasteiger partial charge >= 0.3 is 12.3 Å². The van der Waals surface area contributed by atoms with Gasteiger partial charge in [-0.15, -0.1) is 8.78 Å². The Morgan fingerprint density at radius 2 is 2.06 bits per heavy atom. The number of carboxylic acids is 1. The molecule has 3 rings (SSSR count). The Bertz CT molecular complexity index is 523. The monoisotopic (exact) mass is 256 g/mol. The number of halogens is 2. The van der Waals surface area contributed by atoms with Crippen LogP contribution in [-0.2, 0) is 10.2 Å². The van der Waals surface area contributed by atoms with Gasteiger partial charge in [0.2, 0.25) is 0 Å². The summed E-state index contributed by atoms with van der Waals surface area (Å²) in [5.41, 5.74) is -0.0828. The predicted octanol–water partition coefficient (Wildman–Crippen LogP) is 2.51. The zero-order valence-electron chi connectivity index (χ0n) is 9.28. The largest absolute Gasteiger partial charge is 0.586 e. The minimum absolute atomic E-state index is 0.0266. The summed E-state index contributed by atoms with van der Waals surface area (Å²) < 4.78 is 34.9. The summed E-state index contributed by atoms with van der Waals surface area (Å²) in [5, 5.41) is 8.88. The molecule has 0 radical (unpaired) electrons. The highest BCUT2D eigenvalue weighted by Gasteiger charge is 2.52. The highest BCUT2D eigenvalue weighted by atomic mass is 19.3. The van der Waals surface area contributed by atoms with Crippen LogP contribution >= 0.6 is 0 Å². The van der Waals surface area contributed by atoms with Crippen molar-refractivity contribution in [2.24, 2.45) is 0 Å². The van der Waals surface area contributed by atoms with Gasteiger partial charge in [-0.25, -0.2) is 0 Å². The number of carboxylic acid groups (broad SMARTS) is 1. The molecule has 0 aromatic heterocycles. The minimum atomic E-state index is -3.67. The van der Waals surface area contributed by atoms with Crippen molar-refractivity contribution in [2.75, 3.05) is 0 Å². The van der Waals surface area contributed by atoms with E-state index in [1.54, 1.807) is 12.1 Å². The number of carbonyl (C=O) groups is 1. The van der Waals surface area contributed by atoms with Crippen molar-refractivity contribution in [2.45, 2.75) is 31.0 Å². The summed E-state index contributed by atoms with van der Waals surface area (Å²) >= 11 is 0. The summed E-state index contributed by atoms with van der Waals surface area (Å²) in [5.74, 6) is -1.01. The highest BCUT2D eigenvalue weighted by molar-refractivity contribution is 5.71. The first-order chi connectivity index (χ1) is 8.42. The van der Waals surface area contributed by atoms with Crippen molar-refractivity contribution >= 4 is 5.97 Å². The average molecular weight is 256 g/mol. The highest BCUT2D eigenvalue weighted by Crippen LogP contribution is 2.57. The number of rotatable bonds is 3. The maximum absolute atomic E-state index is 13.0. The lowest BCUT2D eigenvalue weighted by molar-refractivity contribution is -0.287. The number of hydrogen-bond donors (Lipinski definition) is 1. The second-order valence-electron chi connectivity index (χ2n) is 4.65. The normalized spacial score (nSPS) is 21.7. The van der Waals surface area contributed by atoms with Gasteiger partial charge in [0.05, 0.1) is 6.42 Å². The van der Waals surface area contributed by atoms with E-state index in [9.17, 15) is 13.6 Å². The number of alkyl halides is 2. The third kappa shape index (κ3) is 1.68. The Balaban J connectivity index is 2.01. The summed E-state index contributed by atoms with van der Waals surface area (Å²) in [6.07, 6.45) is -2.44. The molecule has 6 heteroatoms. The van der Waals surface area contributed by atoms with Crippen LogP contribution in [0.4, 0.5) is 8.78 Å². The standard InChI is InChI=1S/C12H10F2O4/c13-12(14)17-8-3-1-2-7(10(8)18-12)11(4-5-11)6-9(15)16/h1-3H,4-6H2,(H,15,16). The summed E-state index contributed by atoms with van der Waals surface area (Å²) in [6.45, 7) is 0. The average Bonchev–Trinajstić information content (AvgIpc) is 2.91. The van der Waals surface area contributed by atoms with Gasteiger partial charge < -0.3 is 14.6 Å². The Morgan fingerprint density at radius 1 is 1.33 bits per heavy atom. The molecule has 1 saturated carbocycles. The van der Waals surface area contributed by atoms with Gasteiger partial charge in [-0.2, -0.15) is 0 Å². The lowest BCUT2D eigenvalue weighted by Gasteiger charge is -2.15. The van der Waals surface area contributed by atoms with Crippen LogP contribution in [0.1, 0.15) is 24.8 Å². The zero-order chi connectivity index (χ0) is 13.0. The number of fused-ring (bicyclic) bond motifs is 1. The van der Waals surface area contributed by atoms with E-state index in [2.05, 4.69) is 9.47 Å². The fourth-order valence-corrected chi connectivity index (χ4v) is 2.37. The molecule has 1 fully saturated rings. The molecule has 1 aliphatic heterocycles. The second kappa shape index (κ2) is 3.34. The zero-order valence-corrected chi connectivity index (χ0v) is 9.28. The molecule has 0 saturated heterocycles. The SMILES string of the molecule is O=C(O)CC1(c2cccc3c2OC(F)(F)O3)CC1. The van der Waals surface area contributed by atoms with Gasteiger partial charge in [0.1, 0.15) is 0 Å². The van der Waals surface area contributed by atoms with E-state index >= 15 is 0 Å². The third-order valence-electron chi connectivity index (χ3n) is 3.34. The van der Waals surface area contributed by atoms with Crippen LogP contribution in [0.2, 0.25) is 0 Å². The molecule has 1 aliphatic carbocycles. The van der Waals surface area contributed by atoms with Crippen molar-refractivity contribution in [1.29, 1.82) is 0 Å². The third-order valence-corrected chi connectivity index (χ3v) is 3.34. The summed E-state index contributed by atoms with van der Waals surface area (Å²) in [6, 6.07) is 4.58. The maximum atomic E-state index is 13.0. The van der Waals surface area contributed by atoms with E-state index in [0.717, 1.165) is 0 Å². The first kappa shape index (κ1) is 11.3. The van der Waals surface area contributed by atoms with Gasteiger partial charge in [0.15, 0.2) is 11.5 Å². The number of para-hydroxylation sites is 1. The van der Waals surface area contributed by atoms with Crippen LogP contribution in [0.15, 0.2) is 18.2 Å². The Morgan fingerprint density at radius 3 is 2.67 bits per heavy atom. The van der Waals surface area contributed by atoms with Gasteiger partial charge in [-0.05, 0) is 18.9 Å². The fourth-order valence-electron chi connectivity index (χ4n) is 2.37. The molecule has 1 aromatic carbocycles. The van der Waals surface area contributed by atoms with E-state index < -0.39 is 17.7 Å². The summed E-state index contributed by atoms with van der Waals surface area (Å²) in [7, 11) is 0. The second-order valence-corrected chi connectivity index (χ2v) is 4.65. The Hall–Kier alpha value is -1.85.